The molecule has 0 aliphatic heterocycles. The Balaban J connectivity index is 2.09. The molecular weight excluding hydrogens is 260 g/mol. The maximum Gasteiger partial charge on any atom is 0.338 e. The van der Waals surface area contributed by atoms with Crippen molar-refractivity contribution >= 4 is 5.97 Å². The van der Waals surface area contributed by atoms with E-state index in [1.807, 2.05) is 48.5 Å². The minimum absolute atomic E-state index is 0.287. The van der Waals surface area contributed by atoms with Gasteiger partial charge >= 0.3 is 5.97 Å². The first-order chi connectivity index (χ1) is 10.3. The maximum atomic E-state index is 12.0. The lowest BCUT2D eigenvalue weighted by Crippen LogP contribution is -1.99. The Morgan fingerprint density at radius 2 is 1.52 bits per heavy atom. The van der Waals surface area contributed by atoms with Gasteiger partial charge in [-0.05, 0) is 34.7 Å². The molecule has 2 aliphatic carbocycles. The van der Waals surface area contributed by atoms with Crippen LogP contribution in [-0.2, 0) is 11.2 Å². The molecule has 0 bridgehead atoms. The highest BCUT2D eigenvalue weighted by atomic mass is 16.5. The Labute approximate surface area is 124 Å². The minimum Gasteiger partial charge on any atom is -0.465 e. The lowest BCUT2D eigenvalue weighted by molar-refractivity contribution is 0.0602. The van der Waals surface area contributed by atoms with Crippen molar-refractivity contribution in [3.8, 4) is 11.1 Å². The van der Waals surface area contributed by atoms with Gasteiger partial charge in [0.25, 0.3) is 0 Å². The van der Waals surface area contributed by atoms with E-state index >= 15 is 0 Å². The lowest BCUT2D eigenvalue weighted by Gasteiger charge is -2.02. The van der Waals surface area contributed by atoms with Gasteiger partial charge in [-0.25, -0.2) is 4.79 Å². The van der Waals surface area contributed by atoms with E-state index < -0.39 is 0 Å². The molecule has 0 heterocycles. The number of rotatable bonds is 3. The van der Waals surface area contributed by atoms with Crippen molar-refractivity contribution in [2.24, 2.45) is 0 Å². The number of fused-ring (bicyclic) bond motifs is 1. The second-order valence-corrected chi connectivity index (χ2v) is 4.98. The van der Waals surface area contributed by atoms with E-state index in [-0.39, 0.29) is 5.97 Å². The molecule has 0 spiro atoms. The Kier molecular flexibility index (Phi) is 3.69. The van der Waals surface area contributed by atoms with Gasteiger partial charge < -0.3 is 4.74 Å². The SMILES string of the molecule is COC(=O)c1cc(Cc2ccccc2)c2cccccc1-2. The molecule has 1 aromatic carbocycles. The van der Waals surface area contributed by atoms with Crippen LogP contribution in [0, 0.1) is 0 Å². The normalized spacial score (nSPS) is 10.5. The van der Waals surface area contributed by atoms with Gasteiger partial charge in [-0.15, -0.1) is 0 Å². The summed E-state index contributed by atoms with van der Waals surface area (Å²) in [5, 5.41) is 0. The summed E-state index contributed by atoms with van der Waals surface area (Å²) in [6, 6.07) is 22.1. The first-order valence-electron chi connectivity index (χ1n) is 6.92. The first kappa shape index (κ1) is 13.4. The molecule has 0 N–H and O–H groups in total. The summed E-state index contributed by atoms with van der Waals surface area (Å²) in [5.41, 5.74) is 5.05. The Morgan fingerprint density at radius 3 is 2.19 bits per heavy atom. The molecule has 21 heavy (non-hydrogen) atoms. The van der Waals surface area contributed by atoms with Crippen molar-refractivity contribution in [2.45, 2.75) is 6.42 Å². The predicted octanol–water partition coefficient (Wildman–Crippen LogP) is 4.17. The van der Waals surface area contributed by atoms with Crippen LogP contribution < -0.4 is 0 Å². The summed E-state index contributed by atoms with van der Waals surface area (Å²) < 4.78 is 4.90. The van der Waals surface area contributed by atoms with Crippen molar-refractivity contribution in [2.75, 3.05) is 7.11 Å². The fourth-order valence-electron chi connectivity index (χ4n) is 2.63. The summed E-state index contributed by atoms with van der Waals surface area (Å²) >= 11 is 0. The average Bonchev–Trinajstić information content (AvgIpc) is 2.71. The molecule has 104 valence electrons. The monoisotopic (exact) mass is 276 g/mol. The van der Waals surface area contributed by atoms with E-state index in [9.17, 15) is 4.79 Å². The van der Waals surface area contributed by atoms with Gasteiger partial charge in [-0.1, -0.05) is 60.7 Å². The Hall–Kier alpha value is -2.61. The first-order valence-corrected chi connectivity index (χ1v) is 6.92. The van der Waals surface area contributed by atoms with E-state index in [1.165, 1.54) is 12.7 Å². The number of hydrogen-bond acceptors (Lipinski definition) is 2. The van der Waals surface area contributed by atoms with E-state index in [1.54, 1.807) is 0 Å². The van der Waals surface area contributed by atoms with Gasteiger partial charge in [0.05, 0.1) is 12.7 Å². The molecule has 0 saturated heterocycles. The number of hydrogen-bond donors (Lipinski definition) is 0. The van der Waals surface area contributed by atoms with Crippen LogP contribution in [0.1, 0.15) is 21.5 Å². The summed E-state index contributed by atoms with van der Waals surface area (Å²) in [6.45, 7) is 0. The standard InChI is InChI=1S/C19H16O2/c1-21-19(20)18-13-15(12-14-8-4-2-5-9-14)16-10-6-3-7-11-17(16)18/h2-11,13H,12H2,1H3. The van der Waals surface area contributed by atoms with E-state index in [4.69, 9.17) is 4.74 Å². The van der Waals surface area contributed by atoms with Crippen LogP contribution >= 0.6 is 0 Å². The predicted molar refractivity (Wildman–Crippen MR) is 83.7 cm³/mol. The number of ether oxygens (including phenoxy) is 1. The average molecular weight is 276 g/mol. The van der Waals surface area contributed by atoms with Gasteiger partial charge in [-0.2, -0.15) is 0 Å². The molecule has 0 unspecified atom stereocenters. The van der Waals surface area contributed by atoms with Crippen LogP contribution in [0.5, 0.6) is 0 Å². The molecule has 0 amide bonds. The van der Waals surface area contributed by atoms with Crippen LogP contribution in [0.4, 0.5) is 0 Å². The van der Waals surface area contributed by atoms with Gasteiger partial charge in [-0.3, -0.25) is 0 Å². The number of benzene rings is 1. The zero-order chi connectivity index (χ0) is 14.7. The van der Waals surface area contributed by atoms with Crippen molar-refractivity contribution in [1.82, 2.24) is 0 Å². The van der Waals surface area contributed by atoms with Gasteiger partial charge in [0.15, 0.2) is 0 Å². The van der Waals surface area contributed by atoms with Crippen LogP contribution in [-0.4, -0.2) is 13.1 Å². The molecule has 2 aliphatic rings. The molecule has 1 aromatic rings. The van der Waals surface area contributed by atoms with Crippen molar-refractivity contribution < 1.29 is 9.53 Å². The highest BCUT2D eigenvalue weighted by Gasteiger charge is 2.20. The number of carbonyl (C=O) groups is 1. The molecule has 2 heteroatoms. The van der Waals surface area contributed by atoms with Crippen molar-refractivity contribution in [3.05, 3.63) is 83.4 Å². The third-order valence-corrected chi connectivity index (χ3v) is 3.64. The summed E-state index contributed by atoms with van der Waals surface area (Å²) in [4.78, 5) is 12.0. The van der Waals surface area contributed by atoms with Crippen LogP contribution in [0.25, 0.3) is 11.1 Å². The summed E-state index contributed by atoms with van der Waals surface area (Å²) in [6.07, 6.45) is 0.804. The van der Waals surface area contributed by atoms with Gasteiger partial charge in [0.1, 0.15) is 0 Å². The van der Waals surface area contributed by atoms with Crippen LogP contribution in [0.3, 0.4) is 0 Å². The molecule has 0 radical (unpaired) electrons. The number of carbonyl (C=O) groups excluding carboxylic acids is 1. The molecule has 0 fully saturated rings. The van der Waals surface area contributed by atoms with Gasteiger partial charge in [0, 0.05) is 0 Å². The Morgan fingerprint density at radius 1 is 0.905 bits per heavy atom. The second kappa shape index (κ2) is 5.80. The second-order valence-electron chi connectivity index (χ2n) is 4.98. The third-order valence-electron chi connectivity index (χ3n) is 3.64. The molecule has 0 aromatic heterocycles. The largest absolute Gasteiger partial charge is 0.465 e. The summed E-state index contributed by atoms with van der Waals surface area (Å²) in [5.74, 6) is -0.287. The number of esters is 1. The molecule has 2 nitrogen and oxygen atoms in total. The van der Waals surface area contributed by atoms with Crippen molar-refractivity contribution in [1.29, 1.82) is 0 Å². The summed E-state index contributed by atoms with van der Waals surface area (Å²) in [7, 11) is 1.42. The molecule has 0 atom stereocenters. The lowest BCUT2D eigenvalue weighted by atomic mass is 10.0. The highest BCUT2D eigenvalue weighted by Crippen LogP contribution is 2.33. The molecule has 3 rings (SSSR count). The highest BCUT2D eigenvalue weighted by molar-refractivity contribution is 6.00. The van der Waals surface area contributed by atoms with Gasteiger partial charge in [0.2, 0.25) is 0 Å². The minimum atomic E-state index is -0.287. The Bertz CT molecular complexity index is 732. The maximum absolute atomic E-state index is 12.0. The van der Waals surface area contributed by atoms with Crippen LogP contribution in [0.2, 0.25) is 0 Å². The fourth-order valence-corrected chi connectivity index (χ4v) is 2.63. The third kappa shape index (κ3) is 2.65. The quantitative estimate of drug-likeness (QED) is 0.671. The van der Waals surface area contributed by atoms with E-state index in [0.29, 0.717) is 5.56 Å². The topological polar surface area (TPSA) is 26.3 Å². The number of methoxy groups -OCH3 is 1. The molecular formula is C19H16O2. The smallest absolute Gasteiger partial charge is 0.338 e. The van der Waals surface area contributed by atoms with Crippen molar-refractivity contribution in [3.63, 3.8) is 0 Å². The van der Waals surface area contributed by atoms with E-state index in [0.717, 1.165) is 23.1 Å². The molecule has 0 saturated carbocycles. The zero-order valence-corrected chi connectivity index (χ0v) is 11.9. The van der Waals surface area contributed by atoms with Crippen LogP contribution in [0.15, 0.2) is 66.7 Å². The fraction of sp³-hybridized carbons (Fsp3) is 0.105. The van der Waals surface area contributed by atoms with E-state index in [2.05, 4.69) is 18.2 Å². The zero-order valence-electron chi connectivity index (χ0n) is 11.9.